The van der Waals surface area contributed by atoms with Gasteiger partial charge in [-0.05, 0) is 25.0 Å². The Labute approximate surface area is 81.9 Å². The van der Waals surface area contributed by atoms with E-state index in [1.807, 2.05) is 6.92 Å². The van der Waals surface area contributed by atoms with E-state index in [9.17, 15) is 4.39 Å². The van der Waals surface area contributed by atoms with Crippen molar-refractivity contribution in [2.45, 2.75) is 19.4 Å². The van der Waals surface area contributed by atoms with Crippen molar-refractivity contribution in [3.8, 4) is 0 Å². The normalized spacial score (nSPS) is 12.9. The Bertz CT molecular complexity index is 291. The van der Waals surface area contributed by atoms with Crippen molar-refractivity contribution < 1.29 is 4.39 Å². The van der Waals surface area contributed by atoms with Gasteiger partial charge in [0, 0.05) is 6.04 Å². The van der Waals surface area contributed by atoms with Crippen molar-refractivity contribution in [2.24, 2.45) is 5.84 Å². The molecule has 13 heavy (non-hydrogen) atoms. The zero-order valence-corrected chi connectivity index (χ0v) is 8.11. The van der Waals surface area contributed by atoms with Gasteiger partial charge >= 0.3 is 0 Å². The summed E-state index contributed by atoms with van der Waals surface area (Å²) in [6, 6.07) is 4.85. The number of hydrogen-bond donors (Lipinski definition) is 2. The van der Waals surface area contributed by atoms with E-state index in [1.165, 1.54) is 6.07 Å². The van der Waals surface area contributed by atoms with E-state index in [-0.39, 0.29) is 16.9 Å². The third-order valence-electron chi connectivity index (χ3n) is 1.84. The average Bonchev–Trinajstić information content (AvgIpc) is 2.13. The van der Waals surface area contributed by atoms with Crippen LogP contribution in [0.5, 0.6) is 0 Å². The van der Waals surface area contributed by atoms with Gasteiger partial charge in [-0.25, -0.2) is 4.39 Å². The van der Waals surface area contributed by atoms with Crippen LogP contribution in [-0.2, 0) is 6.42 Å². The molecule has 0 aliphatic carbocycles. The Morgan fingerprint density at radius 1 is 1.62 bits per heavy atom. The Hall–Kier alpha value is -0.640. The van der Waals surface area contributed by atoms with E-state index >= 15 is 0 Å². The van der Waals surface area contributed by atoms with Crippen molar-refractivity contribution in [1.29, 1.82) is 0 Å². The van der Waals surface area contributed by atoms with Crippen LogP contribution in [0.3, 0.4) is 0 Å². The lowest BCUT2D eigenvalue weighted by Crippen LogP contribution is -2.34. The Balaban J connectivity index is 2.83. The van der Waals surface area contributed by atoms with E-state index in [2.05, 4.69) is 5.43 Å². The summed E-state index contributed by atoms with van der Waals surface area (Å²) >= 11 is 5.75. The molecule has 0 saturated heterocycles. The van der Waals surface area contributed by atoms with E-state index in [0.717, 1.165) is 5.56 Å². The van der Waals surface area contributed by atoms with Crippen LogP contribution < -0.4 is 11.3 Å². The van der Waals surface area contributed by atoms with Crippen molar-refractivity contribution in [1.82, 2.24) is 5.43 Å². The minimum Gasteiger partial charge on any atom is -0.271 e. The smallest absolute Gasteiger partial charge is 0.142 e. The first-order valence-electron chi connectivity index (χ1n) is 4.04. The zero-order valence-electron chi connectivity index (χ0n) is 7.35. The molecule has 2 nitrogen and oxygen atoms in total. The highest BCUT2D eigenvalue weighted by atomic mass is 35.5. The lowest BCUT2D eigenvalue weighted by molar-refractivity contribution is 0.564. The molecule has 1 atom stereocenters. The van der Waals surface area contributed by atoms with E-state index < -0.39 is 0 Å². The fourth-order valence-electron chi connectivity index (χ4n) is 1.09. The van der Waals surface area contributed by atoms with E-state index in [0.29, 0.717) is 6.42 Å². The molecule has 0 amide bonds. The van der Waals surface area contributed by atoms with Crippen LogP contribution in [0.1, 0.15) is 12.5 Å². The Morgan fingerprint density at radius 2 is 2.31 bits per heavy atom. The predicted octanol–water partition coefficient (Wildman–Crippen LogP) is 1.87. The Kier molecular flexibility index (Phi) is 3.66. The van der Waals surface area contributed by atoms with Gasteiger partial charge in [-0.15, -0.1) is 0 Å². The largest absolute Gasteiger partial charge is 0.271 e. The summed E-state index contributed by atoms with van der Waals surface area (Å²) in [4.78, 5) is 0. The summed E-state index contributed by atoms with van der Waals surface area (Å²) in [7, 11) is 0. The van der Waals surface area contributed by atoms with Gasteiger partial charge in [0.15, 0.2) is 0 Å². The van der Waals surface area contributed by atoms with Crippen molar-refractivity contribution in [3.63, 3.8) is 0 Å². The molecule has 0 heterocycles. The van der Waals surface area contributed by atoms with Crippen LogP contribution in [0.15, 0.2) is 18.2 Å². The number of halogens is 2. The van der Waals surface area contributed by atoms with Crippen LogP contribution in [-0.4, -0.2) is 6.04 Å². The minimum absolute atomic E-state index is 0.0827. The van der Waals surface area contributed by atoms with Crippen LogP contribution in [0.2, 0.25) is 5.02 Å². The van der Waals surface area contributed by atoms with Crippen molar-refractivity contribution in [2.75, 3.05) is 0 Å². The van der Waals surface area contributed by atoms with Gasteiger partial charge in [0.2, 0.25) is 0 Å². The number of hydrazine groups is 1. The first-order chi connectivity index (χ1) is 6.15. The van der Waals surface area contributed by atoms with Crippen LogP contribution in [0, 0.1) is 5.82 Å². The van der Waals surface area contributed by atoms with E-state index in [1.54, 1.807) is 12.1 Å². The minimum atomic E-state index is -0.386. The van der Waals surface area contributed by atoms with Crippen LogP contribution in [0.4, 0.5) is 4.39 Å². The van der Waals surface area contributed by atoms with Crippen molar-refractivity contribution >= 4 is 11.6 Å². The van der Waals surface area contributed by atoms with Gasteiger partial charge in [0.1, 0.15) is 5.82 Å². The highest BCUT2D eigenvalue weighted by Gasteiger charge is 2.08. The SMILES string of the molecule is CC(Cc1cccc(F)c1Cl)NN. The zero-order chi connectivity index (χ0) is 9.84. The number of benzene rings is 1. The van der Waals surface area contributed by atoms with Crippen LogP contribution >= 0.6 is 11.6 Å². The molecular formula is C9H12ClFN2. The number of nitrogens with two attached hydrogens (primary N) is 1. The molecule has 1 aromatic carbocycles. The summed E-state index contributed by atoms with van der Waals surface area (Å²) in [5, 5.41) is 0.185. The maximum atomic E-state index is 12.9. The molecule has 4 heteroatoms. The maximum Gasteiger partial charge on any atom is 0.142 e. The molecule has 1 unspecified atom stereocenters. The van der Waals surface area contributed by atoms with Gasteiger partial charge in [-0.2, -0.15) is 0 Å². The first-order valence-corrected chi connectivity index (χ1v) is 4.42. The van der Waals surface area contributed by atoms with Crippen molar-refractivity contribution in [3.05, 3.63) is 34.6 Å². The molecule has 0 radical (unpaired) electrons. The maximum absolute atomic E-state index is 12.9. The second-order valence-electron chi connectivity index (χ2n) is 2.98. The lowest BCUT2D eigenvalue weighted by atomic mass is 10.1. The highest BCUT2D eigenvalue weighted by Crippen LogP contribution is 2.20. The molecule has 1 aromatic rings. The standard InChI is InChI=1S/C9H12ClFN2/c1-6(13-12)5-7-3-2-4-8(11)9(7)10/h2-4,6,13H,5,12H2,1H3. The molecule has 0 aliphatic rings. The fraction of sp³-hybridized carbons (Fsp3) is 0.333. The lowest BCUT2D eigenvalue weighted by Gasteiger charge is -2.10. The molecule has 0 bridgehead atoms. The fourth-order valence-corrected chi connectivity index (χ4v) is 1.30. The second-order valence-corrected chi connectivity index (χ2v) is 3.36. The second kappa shape index (κ2) is 4.56. The molecule has 72 valence electrons. The van der Waals surface area contributed by atoms with Gasteiger partial charge < -0.3 is 0 Å². The highest BCUT2D eigenvalue weighted by molar-refractivity contribution is 6.31. The molecule has 0 spiro atoms. The topological polar surface area (TPSA) is 38.0 Å². The number of nitrogens with one attached hydrogen (secondary N) is 1. The van der Waals surface area contributed by atoms with Crippen LogP contribution in [0.25, 0.3) is 0 Å². The predicted molar refractivity (Wildman–Crippen MR) is 51.9 cm³/mol. The molecule has 3 N–H and O–H groups in total. The molecule has 0 aliphatic heterocycles. The summed E-state index contributed by atoms with van der Waals surface area (Å²) in [6.07, 6.45) is 0.618. The van der Waals surface area contributed by atoms with Gasteiger partial charge in [0.25, 0.3) is 0 Å². The summed E-state index contributed by atoms with van der Waals surface area (Å²) in [5.74, 6) is 4.84. The summed E-state index contributed by atoms with van der Waals surface area (Å²) in [5.41, 5.74) is 3.35. The summed E-state index contributed by atoms with van der Waals surface area (Å²) < 4.78 is 12.9. The quantitative estimate of drug-likeness (QED) is 0.580. The Morgan fingerprint density at radius 3 is 2.92 bits per heavy atom. The van der Waals surface area contributed by atoms with Gasteiger partial charge in [-0.1, -0.05) is 23.7 Å². The summed E-state index contributed by atoms with van der Waals surface area (Å²) in [6.45, 7) is 1.90. The number of rotatable bonds is 3. The molecule has 1 rings (SSSR count). The monoisotopic (exact) mass is 202 g/mol. The van der Waals surface area contributed by atoms with E-state index in [4.69, 9.17) is 17.4 Å². The molecule has 0 fully saturated rings. The number of hydrogen-bond acceptors (Lipinski definition) is 2. The third kappa shape index (κ3) is 2.66. The third-order valence-corrected chi connectivity index (χ3v) is 2.27. The van der Waals surface area contributed by atoms with Gasteiger partial charge in [0.05, 0.1) is 5.02 Å². The van der Waals surface area contributed by atoms with Gasteiger partial charge in [-0.3, -0.25) is 11.3 Å². The first kappa shape index (κ1) is 10.4. The molecular weight excluding hydrogens is 191 g/mol. The average molecular weight is 203 g/mol. The molecule has 0 aromatic heterocycles. The molecule has 0 saturated carbocycles.